The van der Waals surface area contributed by atoms with E-state index in [0.717, 1.165) is 0 Å². The fourth-order valence-electron chi connectivity index (χ4n) is 4.39. The van der Waals surface area contributed by atoms with Gasteiger partial charge in [-0.3, -0.25) is 4.90 Å². The van der Waals surface area contributed by atoms with Gasteiger partial charge < -0.3 is 4.74 Å². The van der Waals surface area contributed by atoms with Crippen molar-refractivity contribution < 1.29 is 75.4 Å². The van der Waals surface area contributed by atoms with Crippen LogP contribution in [0.15, 0.2) is 54.6 Å². The molecule has 3 aromatic rings. The molecule has 0 saturated carbocycles. The minimum atomic E-state index is -8.04. The molecule has 232 valence electrons. The molecule has 0 unspecified atom stereocenters. The standard InChI is InChI=1S/C24H14F15NO2/c1-18(20(25,26)27,21(28,29)30)40(19(22(31,32)33,23(34,35)36)24(37,38)39)17(41)42-11-16-14-8-4-2-6-12(14)10-13-7-3-5-9-15(13)16/h2-10H,11H2,1H3. The first-order valence-corrected chi connectivity index (χ1v) is 11.0. The second kappa shape index (κ2) is 10.00. The van der Waals surface area contributed by atoms with Gasteiger partial charge in [-0.15, -0.1) is 0 Å². The second-order valence-corrected chi connectivity index (χ2v) is 8.96. The highest BCUT2D eigenvalue weighted by molar-refractivity contribution is 6.02. The second-order valence-electron chi connectivity index (χ2n) is 8.96. The van der Waals surface area contributed by atoms with Gasteiger partial charge in [0.2, 0.25) is 5.54 Å². The monoisotopic (exact) mass is 633 g/mol. The number of fused-ring (bicyclic) bond motifs is 2. The zero-order valence-electron chi connectivity index (χ0n) is 20.3. The van der Waals surface area contributed by atoms with Gasteiger partial charge in [0.25, 0.3) is 0 Å². The lowest BCUT2D eigenvalue weighted by Crippen LogP contribution is -2.84. The van der Waals surface area contributed by atoms with Crippen LogP contribution < -0.4 is 0 Å². The molecule has 3 nitrogen and oxygen atoms in total. The average Bonchev–Trinajstić information content (AvgIpc) is 2.80. The summed E-state index contributed by atoms with van der Waals surface area (Å²) in [5.41, 5.74) is -15.1. The predicted octanol–water partition coefficient (Wildman–Crippen LogP) is 9.24. The number of carbonyl (C=O) groups is 1. The lowest BCUT2D eigenvalue weighted by atomic mass is 9.86. The number of hydrogen-bond acceptors (Lipinski definition) is 2. The Hall–Kier alpha value is -3.60. The molecule has 3 rings (SSSR count). The maximum absolute atomic E-state index is 13.8. The summed E-state index contributed by atoms with van der Waals surface area (Å²) in [4.78, 5) is 9.32. The van der Waals surface area contributed by atoms with Crippen LogP contribution in [0.2, 0.25) is 0 Å². The molecular weight excluding hydrogens is 619 g/mol. The van der Waals surface area contributed by atoms with Crippen molar-refractivity contribution in [2.24, 2.45) is 0 Å². The van der Waals surface area contributed by atoms with Gasteiger partial charge in [-0.2, -0.15) is 65.9 Å². The van der Waals surface area contributed by atoms with Gasteiger partial charge in [-0.25, -0.2) is 4.79 Å². The number of nitrogens with zero attached hydrogens (tertiary/aromatic N) is 1. The molecule has 0 bridgehead atoms. The first kappa shape index (κ1) is 32.9. The number of benzene rings is 3. The fraction of sp³-hybridized carbons (Fsp3) is 0.375. The summed E-state index contributed by atoms with van der Waals surface area (Å²) < 4.78 is 212. The SMILES string of the molecule is CC(N(C(=O)OCc1c2ccccc2cc2ccccc12)C(C(F)(F)F)(C(F)(F)F)C(F)(F)F)(C(F)(F)F)C(F)(F)F. The Morgan fingerprint density at radius 2 is 0.976 bits per heavy atom. The van der Waals surface area contributed by atoms with Crippen molar-refractivity contribution in [3.63, 3.8) is 0 Å². The quantitative estimate of drug-likeness (QED) is 0.212. The molecule has 18 heteroatoms. The van der Waals surface area contributed by atoms with Crippen LogP contribution in [0, 0.1) is 0 Å². The van der Waals surface area contributed by atoms with Crippen molar-refractivity contribution in [2.45, 2.75) is 55.5 Å². The van der Waals surface area contributed by atoms with Crippen LogP contribution in [-0.4, -0.2) is 53.0 Å². The molecule has 0 aliphatic carbocycles. The summed E-state index contributed by atoms with van der Waals surface area (Å²) in [5.74, 6) is 0. The molecule has 3 aromatic carbocycles. The minimum Gasteiger partial charge on any atom is -0.444 e. The topological polar surface area (TPSA) is 29.5 Å². The lowest BCUT2D eigenvalue weighted by Gasteiger charge is -2.52. The first-order chi connectivity index (χ1) is 18.8. The number of ether oxygens (including phenoxy) is 1. The Kier molecular flexibility index (Phi) is 7.83. The summed E-state index contributed by atoms with van der Waals surface area (Å²) >= 11 is 0. The molecule has 0 N–H and O–H groups in total. The predicted molar refractivity (Wildman–Crippen MR) is 115 cm³/mol. The highest BCUT2D eigenvalue weighted by Gasteiger charge is 2.93. The van der Waals surface area contributed by atoms with E-state index in [1.165, 1.54) is 54.6 Å². The lowest BCUT2D eigenvalue weighted by molar-refractivity contribution is -0.449. The van der Waals surface area contributed by atoms with Gasteiger partial charge in [-0.1, -0.05) is 48.5 Å². The zero-order valence-corrected chi connectivity index (χ0v) is 20.3. The van der Waals surface area contributed by atoms with Crippen molar-refractivity contribution in [2.75, 3.05) is 0 Å². The van der Waals surface area contributed by atoms with Crippen molar-refractivity contribution >= 4 is 27.6 Å². The van der Waals surface area contributed by atoms with Gasteiger partial charge in [0, 0.05) is 5.56 Å². The van der Waals surface area contributed by atoms with E-state index in [-0.39, 0.29) is 27.1 Å². The van der Waals surface area contributed by atoms with Crippen LogP contribution in [0.3, 0.4) is 0 Å². The van der Waals surface area contributed by atoms with E-state index in [1.54, 1.807) is 0 Å². The molecule has 1 amide bonds. The third kappa shape index (κ3) is 4.91. The van der Waals surface area contributed by atoms with Crippen LogP contribution in [0.5, 0.6) is 0 Å². The maximum Gasteiger partial charge on any atom is 0.430 e. The smallest absolute Gasteiger partial charge is 0.430 e. The molecule has 42 heavy (non-hydrogen) atoms. The Labute approximate surface area is 224 Å². The third-order valence-corrected chi connectivity index (χ3v) is 6.52. The number of carbonyl (C=O) groups excluding carboxylic acids is 1. The molecule has 0 fully saturated rings. The summed E-state index contributed by atoms with van der Waals surface area (Å²) in [6.45, 7) is -3.09. The third-order valence-electron chi connectivity index (χ3n) is 6.52. The summed E-state index contributed by atoms with van der Waals surface area (Å²) in [6, 6.07) is 12.3. The minimum absolute atomic E-state index is 0.0127. The van der Waals surface area contributed by atoms with Crippen LogP contribution in [-0.2, 0) is 11.3 Å². The number of rotatable bonds is 4. The van der Waals surface area contributed by atoms with Crippen molar-refractivity contribution in [3.05, 3.63) is 60.2 Å². The van der Waals surface area contributed by atoms with E-state index in [9.17, 15) is 70.7 Å². The number of halogens is 15. The molecular formula is C24H14F15NO2. The highest BCUT2D eigenvalue weighted by atomic mass is 19.4. The Balaban J connectivity index is 2.38. The number of hydrogen-bond donors (Lipinski definition) is 0. The van der Waals surface area contributed by atoms with Crippen LogP contribution in [0.4, 0.5) is 70.7 Å². The normalized spacial score (nSPS) is 14.4. The molecule has 0 saturated heterocycles. The Morgan fingerprint density at radius 1 is 0.619 bits per heavy atom. The van der Waals surface area contributed by atoms with Crippen molar-refractivity contribution in [3.8, 4) is 0 Å². The highest BCUT2D eigenvalue weighted by Crippen LogP contribution is 2.62. The van der Waals surface area contributed by atoms with Crippen molar-refractivity contribution in [1.82, 2.24) is 4.90 Å². The van der Waals surface area contributed by atoms with Crippen LogP contribution >= 0.6 is 0 Å². The molecule has 0 radical (unpaired) electrons. The van der Waals surface area contributed by atoms with Gasteiger partial charge in [-0.05, 0) is 34.5 Å². The van der Waals surface area contributed by atoms with E-state index < -0.39 is 66.5 Å². The largest absolute Gasteiger partial charge is 0.444 e. The van der Waals surface area contributed by atoms with E-state index in [2.05, 4.69) is 4.74 Å². The first-order valence-electron chi connectivity index (χ1n) is 11.0. The van der Waals surface area contributed by atoms with E-state index in [1.807, 2.05) is 0 Å². The molecule has 0 aromatic heterocycles. The van der Waals surface area contributed by atoms with Crippen LogP contribution in [0.1, 0.15) is 12.5 Å². The molecule has 0 spiro atoms. The van der Waals surface area contributed by atoms with Crippen LogP contribution in [0.25, 0.3) is 21.5 Å². The summed E-state index contributed by atoms with van der Waals surface area (Å²) in [6.07, 6.45) is -42.7. The summed E-state index contributed by atoms with van der Waals surface area (Å²) in [5, 5.41) is 0.534. The van der Waals surface area contributed by atoms with E-state index in [0.29, 0.717) is 0 Å². The molecule has 0 heterocycles. The zero-order chi connectivity index (χ0) is 32.3. The average molecular weight is 633 g/mol. The Morgan fingerprint density at radius 3 is 1.31 bits per heavy atom. The van der Waals surface area contributed by atoms with Gasteiger partial charge in [0.15, 0.2) is 0 Å². The summed E-state index contributed by atoms with van der Waals surface area (Å²) in [7, 11) is 0. The Bertz CT molecular complexity index is 1360. The van der Waals surface area contributed by atoms with Crippen molar-refractivity contribution in [1.29, 1.82) is 0 Å². The van der Waals surface area contributed by atoms with Gasteiger partial charge in [0.05, 0.1) is 0 Å². The maximum atomic E-state index is 13.8. The molecule has 0 aliphatic heterocycles. The number of amides is 1. The van der Waals surface area contributed by atoms with Gasteiger partial charge in [0.1, 0.15) is 6.61 Å². The number of alkyl halides is 15. The fourth-order valence-corrected chi connectivity index (χ4v) is 4.39. The molecule has 0 aliphatic rings. The molecule has 0 atom stereocenters. The van der Waals surface area contributed by atoms with E-state index >= 15 is 0 Å². The van der Waals surface area contributed by atoms with Gasteiger partial charge >= 0.3 is 42.5 Å². The van der Waals surface area contributed by atoms with E-state index in [4.69, 9.17) is 0 Å².